The maximum atomic E-state index is 9.53. The highest BCUT2D eigenvalue weighted by Crippen LogP contribution is 2.29. The molecule has 2 aromatic carbocycles. The molecule has 0 spiro atoms. The van der Waals surface area contributed by atoms with E-state index in [2.05, 4.69) is 6.07 Å². The summed E-state index contributed by atoms with van der Waals surface area (Å²) >= 11 is 0. The molecule has 0 aliphatic heterocycles. The Kier molecular flexibility index (Phi) is 5.43. The Balaban J connectivity index is 1.91. The van der Waals surface area contributed by atoms with Gasteiger partial charge in [-0.25, -0.2) is 0 Å². The van der Waals surface area contributed by atoms with Crippen LogP contribution < -0.4 is 9.47 Å². The van der Waals surface area contributed by atoms with Crippen molar-refractivity contribution in [2.24, 2.45) is 0 Å². The maximum absolute atomic E-state index is 9.53. The fourth-order valence-corrected chi connectivity index (χ4v) is 2.42. The number of rotatable bonds is 7. The smallest absolute Gasteiger partial charge is 0.161 e. The third-order valence-electron chi connectivity index (χ3n) is 3.81. The van der Waals surface area contributed by atoms with Crippen LogP contribution in [0.5, 0.6) is 11.5 Å². The number of nitrogens with zero attached hydrogens (tertiary/aromatic N) is 1. The number of hydrogen-bond donors (Lipinski definition) is 0. The minimum atomic E-state index is -0.481. The van der Waals surface area contributed by atoms with Crippen LogP contribution in [0.3, 0.4) is 0 Å². The summed E-state index contributed by atoms with van der Waals surface area (Å²) in [6.07, 6.45) is 1.56. The van der Waals surface area contributed by atoms with Crippen molar-refractivity contribution in [3.05, 3.63) is 60.2 Å². The number of benzene rings is 2. The summed E-state index contributed by atoms with van der Waals surface area (Å²) in [5.41, 5.74) is 0.570. The molecule has 114 valence electrons. The summed E-state index contributed by atoms with van der Waals surface area (Å²) in [7, 11) is 1.63. The van der Waals surface area contributed by atoms with Crippen LogP contribution in [0, 0.1) is 11.3 Å². The lowest BCUT2D eigenvalue weighted by molar-refractivity contribution is 0.278. The van der Waals surface area contributed by atoms with Crippen molar-refractivity contribution in [3.8, 4) is 17.6 Å². The first-order valence-electron chi connectivity index (χ1n) is 7.42. The topological polar surface area (TPSA) is 42.2 Å². The molecule has 0 radical (unpaired) electrons. The average Bonchev–Trinajstić information content (AvgIpc) is 2.59. The van der Waals surface area contributed by atoms with E-state index in [0.717, 1.165) is 29.9 Å². The van der Waals surface area contributed by atoms with Crippen molar-refractivity contribution in [1.29, 1.82) is 5.26 Å². The second-order valence-electron chi connectivity index (χ2n) is 5.41. The van der Waals surface area contributed by atoms with Crippen molar-refractivity contribution in [2.75, 3.05) is 13.7 Å². The molecule has 0 bridgehead atoms. The van der Waals surface area contributed by atoms with Gasteiger partial charge < -0.3 is 9.47 Å². The van der Waals surface area contributed by atoms with Crippen LogP contribution in [0.25, 0.3) is 0 Å². The van der Waals surface area contributed by atoms with Crippen molar-refractivity contribution in [1.82, 2.24) is 0 Å². The summed E-state index contributed by atoms with van der Waals surface area (Å²) in [5.74, 6) is 1.47. The molecular weight excluding hydrogens is 274 g/mol. The summed E-state index contributed by atoms with van der Waals surface area (Å²) in [6.45, 7) is 2.54. The van der Waals surface area contributed by atoms with E-state index in [9.17, 15) is 5.26 Å². The third-order valence-corrected chi connectivity index (χ3v) is 3.81. The SMILES string of the molecule is COc1ccccc1OCCCC(C)(C#N)c1ccccc1. The zero-order valence-electron chi connectivity index (χ0n) is 13.1. The van der Waals surface area contributed by atoms with E-state index in [1.807, 2.05) is 61.5 Å². The standard InChI is InChI=1S/C19H21NO2/c1-19(15-20,16-9-4-3-5-10-16)13-8-14-22-18-12-7-6-11-17(18)21-2/h3-7,9-12H,8,13-14H2,1-2H3. The van der Waals surface area contributed by atoms with Gasteiger partial charge in [0.15, 0.2) is 11.5 Å². The third kappa shape index (κ3) is 3.79. The molecule has 0 aromatic heterocycles. The fraction of sp³-hybridized carbons (Fsp3) is 0.316. The number of nitriles is 1. The highest BCUT2D eigenvalue weighted by molar-refractivity contribution is 5.39. The molecule has 2 aromatic rings. The molecule has 0 saturated heterocycles. The first-order valence-corrected chi connectivity index (χ1v) is 7.42. The first kappa shape index (κ1) is 15.9. The molecule has 3 nitrogen and oxygen atoms in total. The summed E-state index contributed by atoms with van der Waals surface area (Å²) in [6, 6.07) is 19.9. The largest absolute Gasteiger partial charge is 0.493 e. The summed E-state index contributed by atoms with van der Waals surface area (Å²) in [4.78, 5) is 0. The zero-order valence-corrected chi connectivity index (χ0v) is 13.1. The Morgan fingerprint density at radius 2 is 1.64 bits per heavy atom. The maximum Gasteiger partial charge on any atom is 0.161 e. The van der Waals surface area contributed by atoms with E-state index in [4.69, 9.17) is 9.47 Å². The zero-order chi connectivity index (χ0) is 15.8. The van der Waals surface area contributed by atoms with E-state index >= 15 is 0 Å². The van der Waals surface area contributed by atoms with Gasteiger partial charge in [-0.3, -0.25) is 0 Å². The van der Waals surface area contributed by atoms with Crippen LogP contribution in [0.2, 0.25) is 0 Å². The number of hydrogen-bond acceptors (Lipinski definition) is 3. The van der Waals surface area contributed by atoms with Gasteiger partial charge >= 0.3 is 0 Å². The Hall–Kier alpha value is -2.47. The van der Waals surface area contributed by atoms with Crippen molar-refractivity contribution >= 4 is 0 Å². The van der Waals surface area contributed by atoms with Gasteiger partial charge in [0, 0.05) is 0 Å². The van der Waals surface area contributed by atoms with Gasteiger partial charge in [0.25, 0.3) is 0 Å². The van der Waals surface area contributed by atoms with Crippen LogP contribution in [-0.2, 0) is 5.41 Å². The molecule has 0 saturated carbocycles. The molecule has 1 atom stereocenters. The summed E-state index contributed by atoms with van der Waals surface area (Å²) in [5, 5.41) is 9.53. The molecule has 0 N–H and O–H groups in total. The Morgan fingerprint density at radius 3 is 2.27 bits per heavy atom. The molecule has 0 aliphatic carbocycles. The summed E-state index contributed by atoms with van der Waals surface area (Å²) < 4.78 is 11.0. The van der Waals surface area contributed by atoms with Gasteiger partial charge in [-0.1, -0.05) is 42.5 Å². The van der Waals surface area contributed by atoms with E-state index in [1.165, 1.54) is 0 Å². The molecule has 1 unspecified atom stereocenters. The second-order valence-corrected chi connectivity index (χ2v) is 5.41. The Morgan fingerprint density at radius 1 is 1.00 bits per heavy atom. The molecule has 0 fully saturated rings. The van der Waals surface area contributed by atoms with Gasteiger partial charge in [0.1, 0.15) is 0 Å². The van der Waals surface area contributed by atoms with Gasteiger partial charge in [-0.2, -0.15) is 5.26 Å². The molecule has 22 heavy (non-hydrogen) atoms. The van der Waals surface area contributed by atoms with Crippen LogP contribution in [0.15, 0.2) is 54.6 Å². The van der Waals surface area contributed by atoms with E-state index in [0.29, 0.717) is 6.61 Å². The number of methoxy groups -OCH3 is 1. The fourth-order valence-electron chi connectivity index (χ4n) is 2.42. The van der Waals surface area contributed by atoms with Crippen molar-refractivity contribution in [2.45, 2.75) is 25.2 Å². The van der Waals surface area contributed by atoms with Crippen LogP contribution in [0.4, 0.5) is 0 Å². The minimum Gasteiger partial charge on any atom is -0.493 e. The Labute approximate surface area is 132 Å². The van der Waals surface area contributed by atoms with Gasteiger partial charge in [-0.05, 0) is 37.5 Å². The van der Waals surface area contributed by atoms with Crippen LogP contribution in [-0.4, -0.2) is 13.7 Å². The van der Waals surface area contributed by atoms with E-state index < -0.39 is 5.41 Å². The second kappa shape index (κ2) is 7.51. The Bertz CT molecular complexity index is 633. The van der Waals surface area contributed by atoms with Gasteiger partial charge in [-0.15, -0.1) is 0 Å². The monoisotopic (exact) mass is 295 g/mol. The molecule has 2 rings (SSSR count). The van der Waals surface area contributed by atoms with E-state index in [-0.39, 0.29) is 0 Å². The van der Waals surface area contributed by atoms with E-state index in [1.54, 1.807) is 7.11 Å². The molecule has 3 heteroatoms. The van der Waals surface area contributed by atoms with Crippen LogP contribution in [0.1, 0.15) is 25.3 Å². The highest BCUT2D eigenvalue weighted by atomic mass is 16.5. The number of ether oxygens (including phenoxy) is 2. The quantitative estimate of drug-likeness (QED) is 0.714. The number of para-hydroxylation sites is 2. The highest BCUT2D eigenvalue weighted by Gasteiger charge is 2.25. The minimum absolute atomic E-state index is 0.481. The van der Waals surface area contributed by atoms with Crippen molar-refractivity contribution in [3.63, 3.8) is 0 Å². The van der Waals surface area contributed by atoms with Gasteiger partial charge in [0.05, 0.1) is 25.2 Å². The lowest BCUT2D eigenvalue weighted by atomic mass is 9.80. The predicted molar refractivity (Wildman–Crippen MR) is 87.1 cm³/mol. The molecule has 0 aliphatic rings. The molecular formula is C19H21NO2. The molecule has 0 amide bonds. The van der Waals surface area contributed by atoms with Crippen molar-refractivity contribution < 1.29 is 9.47 Å². The normalized spacial score (nSPS) is 13.0. The van der Waals surface area contributed by atoms with Gasteiger partial charge in [0.2, 0.25) is 0 Å². The lowest BCUT2D eigenvalue weighted by Gasteiger charge is -2.22. The molecule has 0 heterocycles. The predicted octanol–water partition coefficient (Wildman–Crippen LogP) is 4.34. The first-order chi connectivity index (χ1) is 10.7. The lowest BCUT2D eigenvalue weighted by Crippen LogP contribution is -2.20. The average molecular weight is 295 g/mol. The van der Waals surface area contributed by atoms with Crippen LogP contribution >= 0.6 is 0 Å².